The van der Waals surface area contributed by atoms with Gasteiger partial charge in [-0.2, -0.15) is 0 Å². The lowest BCUT2D eigenvalue weighted by Gasteiger charge is -2.34. The highest BCUT2D eigenvalue weighted by atomic mass is 16.2. The summed E-state index contributed by atoms with van der Waals surface area (Å²) in [4.78, 5) is 27.8. The van der Waals surface area contributed by atoms with E-state index in [0.717, 1.165) is 48.6 Å². The highest BCUT2D eigenvalue weighted by Gasteiger charge is 2.28. The third-order valence-corrected chi connectivity index (χ3v) is 4.85. The Hall–Kier alpha value is -2.30. The molecule has 0 bridgehead atoms. The van der Waals surface area contributed by atoms with Crippen LogP contribution >= 0.6 is 0 Å². The van der Waals surface area contributed by atoms with E-state index in [4.69, 9.17) is 4.98 Å². The predicted molar refractivity (Wildman–Crippen MR) is 103 cm³/mol. The minimum Gasteiger partial charge on any atom is -0.343 e. The van der Waals surface area contributed by atoms with Crippen LogP contribution in [0.15, 0.2) is 30.7 Å². The van der Waals surface area contributed by atoms with Gasteiger partial charge in [0.05, 0.1) is 5.69 Å². The first kappa shape index (κ1) is 18.5. The fourth-order valence-electron chi connectivity index (χ4n) is 3.52. The van der Waals surface area contributed by atoms with Crippen molar-refractivity contribution >= 4 is 5.91 Å². The molecule has 0 aromatic carbocycles. The van der Waals surface area contributed by atoms with Gasteiger partial charge in [-0.05, 0) is 42.9 Å². The Morgan fingerprint density at radius 3 is 2.46 bits per heavy atom. The van der Waals surface area contributed by atoms with Crippen LogP contribution in [0.1, 0.15) is 57.5 Å². The zero-order valence-electron chi connectivity index (χ0n) is 16.2. The van der Waals surface area contributed by atoms with Gasteiger partial charge < -0.3 is 4.90 Å². The molecular weight excluding hydrogens is 324 g/mol. The lowest BCUT2D eigenvalue weighted by Crippen LogP contribution is -2.39. The van der Waals surface area contributed by atoms with E-state index in [1.165, 1.54) is 0 Å². The molecule has 2 aromatic rings. The second kappa shape index (κ2) is 7.52. The Morgan fingerprint density at radius 2 is 1.85 bits per heavy atom. The lowest BCUT2D eigenvalue weighted by molar-refractivity contribution is -0.134. The topological polar surface area (TPSA) is 59.0 Å². The monoisotopic (exact) mass is 352 g/mol. The molecule has 5 heteroatoms. The summed E-state index contributed by atoms with van der Waals surface area (Å²) in [6.07, 6.45) is 8.02. The third kappa shape index (κ3) is 4.45. The quantitative estimate of drug-likeness (QED) is 0.838. The molecule has 0 N–H and O–H groups in total. The number of pyridine rings is 1. The van der Waals surface area contributed by atoms with Crippen molar-refractivity contribution in [2.45, 2.75) is 52.9 Å². The molecule has 1 aliphatic rings. The summed E-state index contributed by atoms with van der Waals surface area (Å²) in [5.74, 6) is 1.42. The Labute approximate surface area is 155 Å². The smallest absolute Gasteiger partial charge is 0.223 e. The Bertz CT molecular complexity index is 759. The van der Waals surface area contributed by atoms with Gasteiger partial charge >= 0.3 is 0 Å². The minimum atomic E-state index is 0.0339. The van der Waals surface area contributed by atoms with Crippen molar-refractivity contribution in [3.8, 4) is 11.1 Å². The van der Waals surface area contributed by atoms with E-state index in [1.54, 1.807) is 12.4 Å². The van der Waals surface area contributed by atoms with E-state index >= 15 is 0 Å². The number of aromatic nitrogens is 3. The van der Waals surface area contributed by atoms with E-state index in [0.29, 0.717) is 12.3 Å². The molecule has 0 radical (unpaired) electrons. The van der Waals surface area contributed by atoms with Gasteiger partial charge in [-0.25, -0.2) is 9.97 Å². The van der Waals surface area contributed by atoms with Gasteiger partial charge in [0.2, 0.25) is 5.91 Å². The molecule has 138 valence electrons. The van der Waals surface area contributed by atoms with E-state index in [2.05, 4.69) is 30.7 Å². The average molecular weight is 352 g/mol. The van der Waals surface area contributed by atoms with Gasteiger partial charge in [0, 0.05) is 49.6 Å². The number of piperidine rings is 1. The molecule has 0 unspecified atom stereocenters. The van der Waals surface area contributed by atoms with Gasteiger partial charge in [0.25, 0.3) is 0 Å². The molecule has 0 spiro atoms. The van der Waals surface area contributed by atoms with E-state index in [9.17, 15) is 4.79 Å². The predicted octanol–water partition coefficient (Wildman–Crippen LogP) is 3.99. The van der Waals surface area contributed by atoms with Crippen LogP contribution in [-0.4, -0.2) is 38.8 Å². The Kier molecular flexibility index (Phi) is 5.35. The fourth-order valence-corrected chi connectivity index (χ4v) is 3.52. The van der Waals surface area contributed by atoms with Crippen LogP contribution in [-0.2, 0) is 4.79 Å². The van der Waals surface area contributed by atoms with E-state index < -0.39 is 0 Å². The highest BCUT2D eigenvalue weighted by molar-refractivity contribution is 5.77. The number of carbonyl (C=O) groups is 1. The van der Waals surface area contributed by atoms with Crippen molar-refractivity contribution < 1.29 is 4.79 Å². The van der Waals surface area contributed by atoms with Crippen molar-refractivity contribution in [2.75, 3.05) is 13.1 Å². The largest absolute Gasteiger partial charge is 0.343 e. The maximum atomic E-state index is 12.5. The molecule has 0 atom stereocenters. The van der Waals surface area contributed by atoms with Gasteiger partial charge in [-0.15, -0.1) is 0 Å². The summed E-state index contributed by atoms with van der Waals surface area (Å²) < 4.78 is 0. The molecule has 0 saturated carbocycles. The number of carbonyl (C=O) groups excluding carboxylic acids is 1. The fraction of sp³-hybridized carbons (Fsp3) is 0.524. The normalized spacial score (nSPS) is 15.9. The zero-order chi connectivity index (χ0) is 18.7. The first-order valence-electron chi connectivity index (χ1n) is 9.35. The van der Waals surface area contributed by atoms with Crippen LogP contribution < -0.4 is 0 Å². The standard InChI is InChI=1S/C21H28N4O/c1-15-23-14-18(16-5-9-22-10-6-16)20(24-15)17-7-11-25(12-8-17)19(26)13-21(2,3)4/h5-6,9-10,14,17H,7-8,11-13H2,1-4H3. The number of nitrogens with zero attached hydrogens (tertiary/aromatic N) is 4. The highest BCUT2D eigenvalue weighted by Crippen LogP contribution is 2.34. The molecule has 1 amide bonds. The van der Waals surface area contributed by atoms with Crippen LogP contribution in [0.2, 0.25) is 0 Å². The Balaban J connectivity index is 1.76. The number of hydrogen-bond donors (Lipinski definition) is 0. The van der Waals surface area contributed by atoms with Gasteiger partial charge in [-0.3, -0.25) is 9.78 Å². The molecule has 3 heterocycles. The summed E-state index contributed by atoms with van der Waals surface area (Å²) in [7, 11) is 0. The molecule has 1 saturated heterocycles. The SMILES string of the molecule is Cc1ncc(-c2ccncc2)c(C2CCN(C(=O)CC(C)(C)C)CC2)n1. The van der Waals surface area contributed by atoms with Gasteiger partial charge in [-0.1, -0.05) is 20.8 Å². The van der Waals surface area contributed by atoms with Gasteiger partial charge in [0.15, 0.2) is 0 Å². The summed E-state index contributed by atoms with van der Waals surface area (Å²) in [5.41, 5.74) is 3.32. The number of hydrogen-bond acceptors (Lipinski definition) is 4. The second-order valence-corrected chi connectivity index (χ2v) is 8.34. The second-order valence-electron chi connectivity index (χ2n) is 8.34. The minimum absolute atomic E-state index is 0.0339. The molecule has 26 heavy (non-hydrogen) atoms. The molecule has 1 fully saturated rings. The molecule has 5 nitrogen and oxygen atoms in total. The molecule has 0 aliphatic carbocycles. The summed E-state index contributed by atoms with van der Waals surface area (Å²) in [6.45, 7) is 9.88. The molecule has 2 aromatic heterocycles. The maximum absolute atomic E-state index is 12.5. The maximum Gasteiger partial charge on any atom is 0.223 e. The van der Waals surface area contributed by atoms with Crippen molar-refractivity contribution in [2.24, 2.45) is 5.41 Å². The number of likely N-dealkylation sites (tertiary alicyclic amines) is 1. The average Bonchev–Trinajstić information content (AvgIpc) is 2.61. The summed E-state index contributed by atoms with van der Waals surface area (Å²) in [5, 5.41) is 0. The van der Waals surface area contributed by atoms with E-state index in [1.807, 2.05) is 30.2 Å². The van der Waals surface area contributed by atoms with Crippen molar-refractivity contribution in [3.05, 3.63) is 42.2 Å². The molecule has 1 aliphatic heterocycles. The number of amides is 1. The van der Waals surface area contributed by atoms with Crippen LogP contribution in [0.3, 0.4) is 0 Å². The first-order valence-corrected chi connectivity index (χ1v) is 9.35. The van der Waals surface area contributed by atoms with Crippen molar-refractivity contribution in [3.63, 3.8) is 0 Å². The Morgan fingerprint density at radius 1 is 1.19 bits per heavy atom. The van der Waals surface area contributed by atoms with Crippen LogP contribution in [0.25, 0.3) is 11.1 Å². The number of rotatable bonds is 3. The van der Waals surface area contributed by atoms with Crippen LogP contribution in [0.4, 0.5) is 0 Å². The van der Waals surface area contributed by atoms with Crippen LogP contribution in [0, 0.1) is 12.3 Å². The lowest BCUT2D eigenvalue weighted by atomic mass is 9.87. The zero-order valence-corrected chi connectivity index (χ0v) is 16.2. The first-order chi connectivity index (χ1) is 12.3. The van der Waals surface area contributed by atoms with Gasteiger partial charge in [0.1, 0.15) is 5.82 Å². The third-order valence-electron chi connectivity index (χ3n) is 4.85. The number of aryl methyl sites for hydroxylation is 1. The molecule has 3 rings (SSSR count). The van der Waals surface area contributed by atoms with Crippen LogP contribution in [0.5, 0.6) is 0 Å². The van der Waals surface area contributed by atoms with Crippen molar-refractivity contribution in [1.29, 1.82) is 0 Å². The van der Waals surface area contributed by atoms with Crippen molar-refractivity contribution in [1.82, 2.24) is 19.9 Å². The van der Waals surface area contributed by atoms with E-state index in [-0.39, 0.29) is 11.3 Å². The molecular formula is C21H28N4O. The summed E-state index contributed by atoms with van der Waals surface area (Å²) in [6, 6.07) is 4.00. The summed E-state index contributed by atoms with van der Waals surface area (Å²) >= 11 is 0.